The van der Waals surface area contributed by atoms with Crippen molar-refractivity contribution >= 4 is 29.3 Å². The van der Waals surface area contributed by atoms with Crippen molar-refractivity contribution in [2.75, 3.05) is 11.5 Å². The Hall–Kier alpha value is 0.370. The van der Waals surface area contributed by atoms with Gasteiger partial charge in [0, 0.05) is 17.9 Å². The molecule has 0 atom stereocenters. The predicted molar refractivity (Wildman–Crippen MR) is 48.6 cm³/mol. The first-order valence-corrected chi connectivity index (χ1v) is 5.61. The van der Waals surface area contributed by atoms with Crippen LogP contribution in [0.4, 0.5) is 0 Å². The summed E-state index contributed by atoms with van der Waals surface area (Å²) in [5, 5.41) is 0. The summed E-state index contributed by atoms with van der Waals surface area (Å²) >= 11 is 3.99. The van der Waals surface area contributed by atoms with Crippen molar-refractivity contribution in [3.05, 3.63) is 0 Å². The van der Waals surface area contributed by atoms with Crippen LogP contribution in [0.2, 0.25) is 0 Å². The van der Waals surface area contributed by atoms with Gasteiger partial charge < -0.3 is 4.79 Å². The molecule has 0 aromatic rings. The molecule has 0 aliphatic carbocycles. The Labute approximate surface area is 70.3 Å². The largest absolute Gasteiger partial charge is 0.300 e. The molecular weight excluding hydrogens is 164 g/mol. The Morgan fingerprint density at radius 1 is 1.50 bits per heavy atom. The molecule has 0 spiro atoms. The van der Waals surface area contributed by atoms with Gasteiger partial charge in [-0.2, -0.15) is 0 Å². The van der Waals surface area contributed by atoms with Crippen molar-refractivity contribution in [3.63, 3.8) is 0 Å². The van der Waals surface area contributed by atoms with E-state index in [0.29, 0.717) is 10.4 Å². The normalized spacial score (nSPS) is 19.7. The van der Waals surface area contributed by atoms with E-state index in [1.807, 2.05) is 23.5 Å². The highest BCUT2D eigenvalue weighted by Gasteiger charge is 2.15. The Balaban J connectivity index is 2.07. The number of hydrogen-bond acceptors (Lipinski definition) is 3. The van der Waals surface area contributed by atoms with Gasteiger partial charge in [0.2, 0.25) is 0 Å². The van der Waals surface area contributed by atoms with Gasteiger partial charge in [-0.25, -0.2) is 0 Å². The minimum absolute atomic E-state index is 0.327. The van der Waals surface area contributed by atoms with E-state index in [0.717, 1.165) is 12.8 Å². The number of Topliss-reactive ketones (excluding diaryl/α,β-unsaturated/α-hetero) is 1. The van der Waals surface area contributed by atoms with Gasteiger partial charge in [0.15, 0.2) is 0 Å². The van der Waals surface area contributed by atoms with E-state index in [-0.39, 0.29) is 0 Å². The highest BCUT2D eigenvalue weighted by atomic mass is 32.2. The molecule has 0 saturated carbocycles. The molecule has 10 heavy (non-hydrogen) atoms. The van der Waals surface area contributed by atoms with Crippen molar-refractivity contribution in [3.8, 4) is 0 Å². The first-order chi connectivity index (χ1) is 4.79. The van der Waals surface area contributed by atoms with Crippen molar-refractivity contribution in [1.82, 2.24) is 0 Å². The number of hydrogen-bond donors (Lipinski definition) is 0. The average Bonchev–Trinajstić information content (AvgIpc) is 2.34. The van der Waals surface area contributed by atoms with Crippen LogP contribution in [0.25, 0.3) is 0 Å². The van der Waals surface area contributed by atoms with Gasteiger partial charge in [0.05, 0.1) is 4.58 Å². The highest BCUT2D eigenvalue weighted by Crippen LogP contribution is 2.34. The molecule has 0 N–H and O–H groups in total. The molecule has 1 saturated heterocycles. The van der Waals surface area contributed by atoms with E-state index in [9.17, 15) is 4.79 Å². The lowest BCUT2D eigenvalue weighted by atomic mass is 10.2. The van der Waals surface area contributed by atoms with Crippen molar-refractivity contribution in [1.29, 1.82) is 0 Å². The zero-order valence-corrected chi connectivity index (χ0v) is 7.76. The summed E-state index contributed by atoms with van der Waals surface area (Å²) in [5.41, 5.74) is 0. The number of carbonyl (C=O) groups is 1. The predicted octanol–water partition coefficient (Wildman–Crippen LogP) is 2.16. The van der Waals surface area contributed by atoms with E-state index < -0.39 is 0 Å². The van der Waals surface area contributed by atoms with Gasteiger partial charge >= 0.3 is 0 Å². The Kier molecular flexibility index (Phi) is 3.63. The van der Waals surface area contributed by atoms with E-state index in [1.54, 1.807) is 6.92 Å². The molecule has 0 radical (unpaired) electrons. The summed E-state index contributed by atoms with van der Waals surface area (Å²) in [7, 11) is 0. The summed E-state index contributed by atoms with van der Waals surface area (Å²) in [5.74, 6) is 2.87. The summed E-state index contributed by atoms with van der Waals surface area (Å²) < 4.78 is 0.712. The molecule has 0 amide bonds. The monoisotopic (exact) mass is 176 g/mol. The standard InChI is InChI=1S/C7H12OS2/c1-6(8)2-3-7-9-4-5-10-7/h7H,2-5H2,1H3. The molecule has 0 aromatic heterocycles. The number of thioether (sulfide) groups is 2. The van der Waals surface area contributed by atoms with Gasteiger partial charge in [-0.1, -0.05) is 0 Å². The van der Waals surface area contributed by atoms with Gasteiger partial charge in [0.1, 0.15) is 5.78 Å². The molecule has 1 aliphatic heterocycles. The maximum atomic E-state index is 10.6. The molecule has 1 nitrogen and oxygen atoms in total. The molecule has 1 rings (SSSR count). The van der Waals surface area contributed by atoms with Gasteiger partial charge in [0.25, 0.3) is 0 Å². The Morgan fingerprint density at radius 2 is 2.10 bits per heavy atom. The van der Waals surface area contributed by atoms with Crippen molar-refractivity contribution in [2.45, 2.75) is 24.3 Å². The Bertz CT molecular complexity index is 119. The third kappa shape index (κ3) is 2.97. The fraction of sp³-hybridized carbons (Fsp3) is 0.857. The smallest absolute Gasteiger partial charge is 0.129 e. The third-order valence-corrected chi connectivity index (χ3v) is 4.59. The molecule has 0 unspecified atom stereocenters. The molecule has 58 valence electrons. The second-order valence-electron chi connectivity index (χ2n) is 2.41. The first kappa shape index (κ1) is 8.47. The summed E-state index contributed by atoms with van der Waals surface area (Å²) in [6.07, 6.45) is 1.84. The number of carbonyl (C=O) groups excluding carboxylic acids is 1. The van der Waals surface area contributed by atoms with Crippen LogP contribution in [0.3, 0.4) is 0 Å². The van der Waals surface area contributed by atoms with Gasteiger partial charge in [-0.3, -0.25) is 0 Å². The molecule has 3 heteroatoms. The van der Waals surface area contributed by atoms with Crippen molar-refractivity contribution < 1.29 is 4.79 Å². The lowest BCUT2D eigenvalue weighted by molar-refractivity contribution is -0.117. The van der Waals surface area contributed by atoms with Crippen LogP contribution in [0.5, 0.6) is 0 Å². The van der Waals surface area contributed by atoms with Crippen LogP contribution >= 0.6 is 23.5 Å². The SMILES string of the molecule is CC(=O)CCC1SCCS1. The third-order valence-electron chi connectivity index (χ3n) is 1.42. The van der Waals surface area contributed by atoms with Crippen LogP contribution in [-0.2, 0) is 4.79 Å². The number of rotatable bonds is 3. The summed E-state index contributed by atoms with van der Waals surface area (Å²) in [6.45, 7) is 1.67. The van der Waals surface area contributed by atoms with E-state index >= 15 is 0 Å². The van der Waals surface area contributed by atoms with Gasteiger partial charge in [-0.15, -0.1) is 23.5 Å². The maximum Gasteiger partial charge on any atom is 0.129 e. The average molecular weight is 176 g/mol. The lowest BCUT2D eigenvalue weighted by Crippen LogP contribution is -1.96. The number of ketones is 1. The van der Waals surface area contributed by atoms with E-state index in [1.165, 1.54) is 11.5 Å². The summed E-state index contributed by atoms with van der Waals surface area (Å²) in [6, 6.07) is 0. The van der Waals surface area contributed by atoms with Gasteiger partial charge in [-0.05, 0) is 13.3 Å². The van der Waals surface area contributed by atoms with Crippen LogP contribution < -0.4 is 0 Å². The minimum atomic E-state index is 0.327. The molecule has 1 aliphatic rings. The van der Waals surface area contributed by atoms with E-state index in [2.05, 4.69) is 0 Å². The zero-order valence-electron chi connectivity index (χ0n) is 6.13. The van der Waals surface area contributed by atoms with Crippen LogP contribution in [0.1, 0.15) is 19.8 Å². The van der Waals surface area contributed by atoms with Crippen LogP contribution in [0, 0.1) is 0 Å². The molecule has 1 heterocycles. The van der Waals surface area contributed by atoms with Crippen LogP contribution in [-0.4, -0.2) is 21.9 Å². The Morgan fingerprint density at radius 3 is 2.60 bits per heavy atom. The quantitative estimate of drug-likeness (QED) is 0.656. The molecular formula is C7H12OS2. The molecule has 0 bridgehead atoms. The fourth-order valence-electron chi connectivity index (χ4n) is 0.895. The zero-order chi connectivity index (χ0) is 7.40. The second kappa shape index (κ2) is 4.29. The topological polar surface area (TPSA) is 17.1 Å². The minimum Gasteiger partial charge on any atom is -0.300 e. The highest BCUT2D eigenvalue weighted by molar-refractivity contribution is 8.20. The first-order valence-electron chi connectivity index (χ1n) is 3.51. The molecule has 1 fully saturated rings. The lowest BCUT2D eigenvalue weighted by Gasteiger charge is -2.03. The van der Waals surface area contributed by atoms with Crippen LogP contribution in [0.15, 0.2) is 0 Å². The van der Waals surface area contributed by atoms with E-state index in [4.69, 9.17) is 0 Å². The van der Waals surface area contributed by atoms with Crippen molar-refractivity contribution in [2.24, 2.45) is 0 Å². The second-order valence-corrected chi connectivity index (χ2v) is 5.33. The summed E-state index contributed by atoms with van der Waals surface area (Å²) in [4.78, 5) is 10.6. The maximum absolute atomic E-state index is 10.6. The molecule has 0 aromatic carbocycles. The fourth-order valence-corrected chi connectivity index (χ4v) is 3.72.